The highest BCUT2D eigenvalue weighted by Gasteiger charge is 2.33. The third-order valence-electron chi connectivity index (χ3n) is 3.30. The maximum Gasteiger partial charge on any atom is 0.245 e. The molecule has 1 saturated heterocycles. The van der Waals surface area contributed by atoms with Gasteiger partial charge in [0, 0.05) is 18.7 Å². The van der Waals surface area contributed by atoms with E-state index < -0.39 is 10.0 Å². The molecule has 2 rings (SSSR count). The molecular weight excluding hydrogens is 252 g/mol. The largest absolute Gasteiger partial charge is 0.497 e. The van der Waals surface area contributed by atoms with E-state index in [1.165, 1.54) is 23.5 Å². The van der Waals surface area contributed by atoms with Crippen LogP contribution in [0.3, 0.4) is 0 Å². The third-order valence-corrected chi connectivity index (χ3v) is 5.38. The molecule has 0 bridgehead atoms. The van der Waals surface area contributed by atoms with Crippen LogP contribution in [-0.4, -0.2) is 32.4 Å². The molecule has 1 atom stereocenters. The number of nitrogens with two attached hydrogens (primary N) is 1. The predicted octanol–water partition coefficient (Wildman–Crippen LogP) is 1.45. The fraction of sp³-hybridized carbons (Fsp3) is 0.500. The number of nitrogen functional groups attached to an aromatic ring is 1. The summed E-state index contributed by atoms with van der Waals surface area (Å²) in [4.78, 5) is 0.164. The molecule has 0 amide bonds. The van der Waals surface area contributed by atoms with Crippen molar-refractivity contribution in [1.82, 2.24) is 4.31 Å². The molecule has 1 aromatic rings. The first-order valence-electron chi connectivity index (χ1n) is 5.92. The molecule has 2 N–H and O–H groups in total. The fourth-order valence-electron chi connectivity index (χ4n) is 2.28. The number of anilines is 1. The van der Waals surface area contributed by atoms with Gasteiger partial charge < -0.3 is 10.5 Å². The van der Waals surface area contributed by atoms with Crippen LogP contribution in [0.15, 0.2) is 23.1 Å². The second-order valence-electron chi connectivity index (χ2n) is 4.51. The van der Waals surface area contributed by atoms with E-state index in [1.807, 2.05) is 6.92 Å². The molecule has 1 aliphatic heterocycles. The van der Waals surface area contributed by atoms with Gasteiger partial charge in [0.05, 0.1) is 12.8 Å². The molecule has 0 aromatic heterocycles. The zero-order valence-corrected chi connectivity index (χ0v) is 11.4. The lowest BCUT2D eigenvalue weighted by atomic mass is 10.3. The van der Waals surface area contributed by atoms with Crippen molar-refractivity contribution in [3.8, 4) is 5.75 Å². The molecule has 1 aromatic carbocycles. The van der Waals surface area contributed by atoms with Gasteiger partial charge in [0.1, 0.15) is 10.6 Å². The molecule has 0 spiro atoms. The average molecular weight is 270 g/mol. The van der Waals surface area contributed by atoms with Crippen LogP contribution < -0.4 is 10.5 Å². The molecule has 1 aliphatic rings. The van der Waals surface area contributed by atoms with E-state index in [-0.39, 0.29) is 16.6 Å². The molecule has 18 heavy (non-hydrogen) atoms. The Hall–Kier alpha value is -1.27. The monoisotopic (exact) mass is 270 g/mol. The Morgan fingerprint density at radius 2 is 2.17 bits per heavy atom. The highest BCUT2D eigenvalue weighted by Crippen LogP contribution is 2.30. The number of sulfonamides is 1. The van der Waals surface area contributed by atoms with Crippen LogP contribution in [0.1, 0.15) is 19.8 Å². The Labute approximate surface area is 108 Å². The summed E-state index contributed by atoms with van der Waals surface area (Å²) < 4.78 is 31.5. The van der Waals surface area contributed by atoms with Gasteiger partial charge in [-0.2, -0.15) is 4.31 Å². The molecule has 0 aliphatic carbocycles. The second kappa shape index (κ2) is 4.78. The summed E-state index contributed by atoms with van der Waals surface area (Å²) >= 11 is 0. The third kappa shape index (κ3) is 2.18. The fourth-order valence-corrected chi connectivity index (χ4v) is 4.08. The number of ether oxygens (including phenoxy) is 1. The van der Waals surface area contributed by atoms with E-state index in [0.29, 0.717) is 12.3 Å². The van der Waals surface area contributed by atoms with Crippen LogP contribution in [-0.2, 0) is 10.0 Å². The molecule has 1 heterocycles. The van der Waals surface area contributed by atoms with Crippen molar-refractivity contribution < 1.29 is 13.2 Å². The number of benzene rings is 1. The SMILES string of the molecule is COc1ccc(S(=O)(=O)N2CCCC2C)c(N)c1. The summed E-state index contributed by atoms with van der Waals surface area (Å²) in [7, 11) is -1.97. The summed E-state index contributed by atoms with van der Waals surface area (Å²) in [5.41, 5.74) is 6.04. The van der Waals surface area contributed by atoms with Crippen LogP contribution in [0.2, 0.25) is 0 Å². The molecule has 1 fully saturated rings. The maximum atomic E-state index is 12.5. The summed E-state index contributed by atoms with van der Waals surface area (Å²) in [5.74, 6) is 0.556. The Bertz CT molecular complexity index is 542. The number of rotatable bonds is 3. The van der Waals surface area contributed by atoms with Gasteiger partial charge in [0.15, 0.2) is 0 Å². The van der Waals surface area contributed by atoms with E-state index in [1.54, 1.807) is 6.07 Å². The van der Waals surface area contributed by atoms with E-state index >= 15 is 0 Å². The van der Waals surface area contributed by atoms with Crippen molar-refractivity contribution in [3.05, 3.63) is 18.2 Å². The van der Waals surface area contributed by atoms with Crippen LogP contribution >= 0.6 is 0 Å². The number of nitrogens with zero attached hydrogens (tertiary/aromatic N) is 1. The van der Waals surface area contributed by atoms with Gasteiger partial charge in [-0.3, -0.25) is 0 Å². The standard InChI is InChI=1S/C12H18N2O3S/c1-9-4-3-7-14(9)18(15,16)12-6-5-10(17-2)8-11(12)13/h5-6,8-9H,3-4,7,13H2,1-2H3. The highest BCUT2D eigenvalue weighted by molar-refractivity contribution is 7.89. The van der Waals surface area contributed by atoms with Gasteiger partial charge in [-0.25, -0.2) is 8.42 Å². The summed E-state index contributed by atoms with van der Waals surface area (Å²) in [6.07, 6.45) is 1.80. The van der Waals surface area contributed by atoms with Crippen molar-refractivity contribution in [3.63, 3.8) is 0 Å². The minimum Gasteiger partial charge on any atom is -0.497 e. The van der Waals surface area contributed by atoms with Crippen molar-refractivity contribution in [2.45, 2.75) is 30.7 Å². The van der Waals surface area contributed by atoms with Gasteiger partial charge in [-0.05, 0) is 31.9 Å². The van der Waals surface area contributed by atoms with Crippen molar-refractivity contribution >= 4 is 15.7 Å². The number of methoxy groups -OCH3 is 1. The minimum absolute atomic E-state index is 0.0384. The van der Waals surface area contributed by atoms with Crippen LogP contribution in [0.25, 0.3) is 0 Å². The summed E-state index contributed by atoms with van der Waals surface area (Å²) in [5, 5.41) is 0. The van der Waals surface area contributed by atoms with Crippen molar-refractivity contribution in [2.75, 3.05) is 19.4 Å². The second-order valence-corrected chi connectivity index (χ2v) is 6.37. The van der Waals surface area contributed by atoms with Gasteiger partial charge in [0.25, 0.3) is 0 Å². The number of hydrogen-bond acceptors (Lipinski definition) is 4. The molecule has 6 heteroatoms. The molecular formula is C12H18N2O3S. The highest BCUT2D eigenvalue weighted by atomic mass is 32.2. The van der Waals surface area contributed by atoms with E-state index in [4.69, 9.17) is 10.5 Å². The molecule has 0 radical (unpaired) electrons. The molecule has 0 saturated carbocycles. The van der Waals surface area contributed by atoms with Crippen LogP contribution in [0, 0.1) is 0 Å². The Balaban J connectivity index is 2.41. The minimum atomic E-state index is -3.49. The molecule has 5 nitrogen and oxygen atoms in total. The topological polar surface area (TPSA) is 72.6 Å². The quantitative estimate of drug-likeness (QED) is 0.844. The Morgan fingerprint density at radius 3 is 2.67 bits per heavy atom. The zero-order valence-electron chi connectivity index (χ0n) is 10.6. The first-order chi connectivity index (χ1) is 8.46. The molecule has 100 valence electrons. The lowest BCUT2D eigenvalue weighted by Gasteiger charge is -2.21. The van der Waals surface area contributed by atoms with Gasteiger partial charge in [0.2, 0.25) is 10.0 Å². The normalized spacial score (nSPS) is 21.1. The van der Waals surface area contributed by atoms with Crippen molar-refractivity contribution in [1.29, 1.82) is 0 Å². The average Bonchev–Trinajstić information content (AvgIpc) is 2.75. The summed E-state index contributed by atoms with van der Waals surface area (Å²) in [6.45, 7) is 2.49. The Morgan fingerprint density at radius 1 is 1.44 bits per heavy atom. The van der Waals surface area contributed by atoms with Crippen LogP contribution in [0.4, 0.5) is 5.69 Å². The maximum absolute atomic E-state index is 12.5. The lowest BCUT2D eigenvalue weighted by Crippen LogP contribution is -2.34. The smallest absolute Gasteiger partial charge is 0.245 e. The summed E-state index contributed by atoms with van der Waals surface area (Å²) in [6, 6.07) is 4.70. The van der Waals surface area contributed by atoms with Gasteiger partial charge in [-0.15, -0.1) is 0 Å². The first-order valence-corrected chi connectivity index (χ1v) is 7.36. The first kappa shape index (κ1) is 13.2. The van der Waals surface area contributed by atoms with E-state index in [0.717, 1.165) is 12.8 Å². The Kier molecular flexibility index (Phi) is 3.49. The van der Waals surface area contributed by atoms with Crippen LogP contribution in [0.5, 0.6) is 5.75 Å². The molecule has 1 unspecified atom stereocenters. The number of hydrogen-bond donors (Lipinski definition) is 1. The van der Waals surface area contributed by atoms with E-state index in [9.17, 15) is 8.42 Å². The predicted molar refractivity (Wildman–Crippen MR) is 70.0 cm³/mol. The zero-order chi connectivity index (χ0) is 13.3. The van der Waals surface area contributed by atoms with Crippen molar-refractivity contribution in [2.24, 2.45) is 0 Å². The van der Waals surface area contributed by atoms with Gasteiger partial charge >= 0.3 is 0 Å². The van der Waals surface area contributed by atoms with E-state index in [2.05, 4.69) is 0 Å². The van der Waals surface area contributed by atoms with Gasteiger partial charge in [-0.1, -0.05) is 0 Å². The lowest BCUT2D eigenvalue weighted by molar-refractivity contribution is 0.407.